The summed E-state index contributed by atoms with van der Waals surface area (Å²) < 4.78 is 0. The topological polar surface area (TPSA) is 42.0 Å². The number of nitrogens with zero attached hydrogens (tertiary/aromatic N) is 1. The number of hydrogen-bond donors (Lipinski definition) is 1. The molecule has 0 saturated heterocycles. The molecule has 1 amide bonds. The second kappa shape index (κ2) is 4.91. The molecule has 14 heavy (non-hydrogen) atoms. The first kappa shape index (κ1) is 10.9. The van der Waals surface area contributed by atoms with E-state index < -0.39 is 0 Å². The van der Waals surface area contributed by atoms with Crippen molar-refractivity contribution in [1.82, 2.24) is 10.3 Å². The molecule has 1 rings (SSSR count). The zero-order valence-corrected chi connectivity index (χ0v) is 9.23. The van der Waals surface area contributed by atoms with Crippen molar-refractivity contribution in [3.63, 3.8) is 0 Å². The third-order valence-corrected chi connectivity index (χ3v) is 2.80. The van der Waals surface area contributed by atoms with Crippen LogP contribution in [0.15, 0.2) is 18.0 Å². The molecule has 0 aliphatic rings. The molecule has 0 bridgehead atoms. The SMILES string of the molecule is C=CCNC(=O)c1csc(C(C)C)n1. The molecule has 76 valence electrons. The van der Waals surface area contributed by atoms with Crippen LogP contribution in [0.25, 0.3) is 0 Å². The molecule has 0 aromatic carbocycles. The lowest BCUT2D eigenvalue weighted by atomic mass is 10.2. The normalized spacial score (nSPS) is 10.2. The summed E-state index contributed by atoms with van der Waals surface area (Å²) in [4.78, 5) is 15.7. The first-order chi connectivity index (χ1) is 6.65. The van der Waals surface area contributed by atoms with Crippen LogP contribution in [0.1, 0.15) is 35.3 Å². The van der Waals surface area contributed by atoms with Crippen LogP contribution in [0.3, 0.4) is 0 Å². The van der Waals surface area contributed by atoms with Crippen LogP contribution in [0.2, 0.25) is 0 Å². The van der Waals surface area contributed by atoms with Gasteiger partial charge in [-0.15, -0.1) is 17.9 Å². The van der Waals surface area contributed by atoms with Gasteiger partial charge in [-0.2, -0.15) is 0 Å². The van der Waals surface area contributed by atoms with Crippen molar-refractivity contribution in [2.45, 2.75) is 19.8 Å². The lowest BCUT2D eigenvalue weighted by Crippen LogP contribution is -2.23. The van der Waals surface area contributed by atoms with Gasteiger partial charge in [-0.25, -0.2) is 4.98 Å². The molecule has 0 spiro atoms. The number of amides is 1. The minimum atomic E-state index is -0.131. The first-order valence-electron chi connectivity index (χ1n) is 4.49. The van der Waals surface area contributed by atoms with E-state index in [9.17, 15) is 4.79 Å². The van der Waals surface area contributed by atoms with Crippen LogP contribution in [0, 0.1) is 0 Å². The van der Waals surface area contributed by atoms with E-state index in [-0.39, 0.29) is 5.91 Å². The summed E-state index contributed by atoms with van der Waals surface area (Å²) in [6.07, 6.45) is 1.65. The van der Waals surface area contributed by atoms with Gasteiger partial charge in [0.2, 0.25) is 0 Å². The summed E-state index contributed by atoms with van der Waals surface area (Å²) in [5.74, 6) is 0.244. The Morgan fingerprint density at radius 1 is 1.79 bits per heavy atom. The number of nitrogens with one attached hydrogen (secondary N) is 1. The van der Waals surface area contributed by atoms with E-state index in [4.69, 9.17) is 0 Å². The lowest BCUT2D eigenvalue weighted by Gasteiger charge is -1.98. The number of rotatable bonds is 4. The van der Waals surface area contributed by atoms with Gasteiger partial charge in [-0.3, -0.25) is 4.79 Å². The summed E-state index contributed by atoms with van der Waals surface area (Å²) >= 11 is 1.52. The third-order valence-electron chi connectivity index (χ3n) is 1.66. The van der Waals surface area contributed by atoms with E-state index >= 15 is 0 Å². The van der Waals surface area contributed by atoms with Crippen molar-refractivity contribution in [2.75, 3.05) is 6.54 Å². The first-order valence-corrected chi connectivity index (χ1v) is 5.37. The van der Waals surface area contributed by atoms with Gasteiger partial charge in [0.1, 0.15) is 5.69 Å². The highest BCUT2D eigenvalue weighted by molar-refractivity contribution is 7.09. The minimum Gasteiger partial charge on any atom is -0.347 e. The summed E-state index contributed by atoms with van der Waals surface area (Å²) in [5.41, 5.74) is 0.501. The van der Waals surface area contributed by atoms with Gasteiger partial charge in [-0.05, 0) is 0 Å². The Kier molecular flexibility index (Phi) is 3.83. The van der Waals surface area contributed by atoms with Gasteiger partial charge in [0.05, 0.1) is 5.01 Å². The Labute approximate surface area is 87.9 Å². The van der Waals surface area contributed by atoms with Crippen molar-refractivity contribution in [1.29, 1.82) is 0 Å². The fourth-order valence-electron chi connectivity index (χ4n) is 0.913. The average Bonchev–Trinajstić information content (AvgIpc) is 2.62. The van der Waals surface area contributed by atoms with E-state index in [0.29, 0.717) is 18.2 Å². The van der Waals surface area contributed by atoms with E-state index in [1.54, 1.807) is 11.5 Å². The van der Waals surface area contributed by atoms with Crippen molar-refractivity contribution < 1.29 is 4.79 Å². The highest BCUT2D eigenvalue weighted by atomic mass is 32.1. The minimum absolute atomic E-state index is 0.131. The van der Waals surface area contributed by atoms with Gasteiger partial charge in [0.25, 0.3) is 5.91 Å². The average molecular weight is 210 g/mol. The van der Waals surface area contributed by atoms with Gasteiger partial charge in [0, 0.05) is 17.8 Å². The number of carbonyl (C=O) groups is 1. The fraction of sp³-hybridized carbons (Fsp3) is 0.400. The molecular formula is C10H14N2OS. The van der Waals surface area contributed by atoms with Crippen LogP contribution in [0.5, 0.6) is 0 Å². The van der Waals surface area contributed by atoms with Crippen LogP contribution in [-0.4, -0.2) is 17.4 Å². The Hall–Kier alpha value is -1.16. The molecule has 0 atom stereocenters. The molecule has 4 heteroatoms. The second-order valence-electron chi connectivity index (χ2n) is 3.22. The molecule has 1 heterocycles. The number of aromatic nitrogens is 1. The van der Waals surface area contributed by atoms with E-state index in [2.05, 4.69) is 30.7 Å². The summed E-state index contributed by atoms with van der Waals surface area (Å²) in [7, 11) is 0. The zero-order chi connectivity index (χ0) is 10.6. The largest absolute Gasteiger partial charge is 0.347 e. The Bertz CT molecular complexity index is 331. The maximum atomic E-state index is 11.4. The van der Waals surface area contributed by atoms with E-state index in [1.165, 1.54) is 11.3 Å². The lowest BCUT2D eigenvalue weighted by molar-refractivity contribution is 0.0953. The molecular weight excluding hydrogens is 196 g/mol. The molecule has 0 aliphatic carbocycles. The smallest absolute Gasteiger partial charge is 0.271 e. The van der Waals surface area contributed by atoms with Crippen molar-refractivity contribution in [3.8, 4) is 0 Å². The van der Waals surface area contributed by atoms with Gasteiger partial charge in [-0.1, -0.05) is 19.9 Å². The molecule has 0 fully saturated rings. The van der Waals surface area contributed by atoms with Gasteiger partial charge >= 0.3 is 0 Å². The van der Waals surface area contributed by atoms with Crippen molar-refractivity contribution in [3.05, 3.63) is 28.7 Å². The Morgan fingerprint density at radius 2 is 2.50 bits per heavy atom. The number of hydrogen-bond acceptors (Lipinski definition) is 3. The highest BCUT2D eigenvalue weighted by Crippen LogP contribution is 2.18. The molecule has 0 saturated carbocycles. The third kappa shape index (κ3) is 2.67. The van der Waals surface area contributed by atoms with E-state index in [0.717, 1.165) is 5.01 Å². The molecule has 3 nitrogen and oxygen atoms in total. The fourth-order valence-corrected chi connectivity index (χ4v) is 1.73. The van der Waals surface area contributed by atoms with Crippen LogP contribution >= 0.6 is 11.3 Å². The van der Waals surface area contributed by atoms with Crippen LogP contribution < -0.4 is 5.32 Å². The van der Waals surface area contributed by atoms with Crippen LogP contribution in [0.4, 0.5) is 0 Å². The summed E-state index contributed by atoms with van der Waals surface area (Å²) in [6, 6.07) is 0. The Morgan fingerprint density at radius 3 is 3.00 bits per heavy atom. The summed E-state index contributed by atoms with van der Waals surface area (Å²) in [6.45, 7) is 8.13. The molecule has 0 aliphatic heterocycles. The Balaban J connectivity index is 2.66. The van der Waals surface area contributed by atoms with E-state index in [1.807, 2.05) is 0 Å². The molecule has 1 aromatic heterocycles. The molecule has 0 radical (unpaired) electrons. The van der Waals surface area contributed by atoms with Crippen molar-refractivity contribution in [2.24, 2.45) is 0 Å². The molecule has 0 unspecified atom stereocenters. The monoisotopic (exact) mass is 210 g/mol. The predicted molar refractivity (Wildman–Crippen MR) is 58.7 cm³/mol. The van der Waals surface area contributed by atoms with Gasteiger partial charge < -0.3 is 5.32 Å². The number of thiazole rings is 1. The van der Waals surface area contributed by atoms with Crippen LogP contribution in [-0.2, 0) is 0 Å². The standard InChI is InChI=1S/C10H14N2OS/c1-4-5-11-9(13)8-6-14-10(12-8)7(2)3/h4,6-7H,1,5H2,2-3H3,(H,11,13). The summed E-state index contributed by atoms with van der Waals surface area (Å²) in [5, 5.41) is 5.47. The number of carbonyl (C=O) groups excluding carboxylic acids is 1. The zero-order valence-electron chi connectivity index (χ0n) is 8.41. The molecule has 1 N–H and O–H groups in total. The van der Waals surface area contributed by atoms with Gasteiger partial charge in [0.15, 0.2) is 0 Å². The second-order valence-corrected chi connectivity index (χ2v) is 4.11. The highest BCUT2D eigenvalue weighted by Gasteiger charge is 2.11. The quantitative estimate of drug-likeness (QED) is 0.774. The maximum Gasteiger partial charge on any atom is 0.271 e. The van der Waals surface area contributed by atoms with Crippen molar-refractivity contribution >= 4 is 17.2 Å². The predicted octanol–water partition coefficient (Wildman–Crippen LogP) is 2.18. The maximum absolute atomic E-state index is 11.4. The molecule has 1 aromatic rings.